The first-order valence-corrected chi connectivity index (χ1v) is 2.28. The Morgan fingerprint density at radius 3 is 2.00 bits per heavy atom. The van der Waals surface area contributed by atoms with Gasteiger partial charge in [-0.3, -0.25) is 4.79 Å². The first-order chi connectivity index (χ1) is 3.68. The molecule has 8 heavy (non-hydrogen) atoms. The fourth-order valence-corrected chi connectivity index (χ4v) is 0. The van der Waals surface area contributed by atoms with Crippen molar-refractivity contribution in [3.63, 3.8) is 0 Å². The number of hydrogen-bond acceptors (Lipinski definition) is 2. The number of carbonyl (C=O) groups is 1. The summed E-state index contributed by atoms with van der Waals surface area (Å²) in [7, 11) is 0. The van der Waals surface area contributed by atoms with E-state index in [0.717, 1.165) is 0 Å². The lowest BCUT2D eigenvalue weighted by molar-refractivity contribution is -0.117. The molecule has 0 rings (SSSR count). The molecule has 0 aromatic rings. The zero-order chi connectivity index (χ0) is 6.99. The molecule has 0 saturated heterocycles. The molecule has 0 aromatic heterocycles. The van der Waals surface area contributed by atoms with Gasteiger partial charge in [0.15, 0.2) is 0 Å². The standard InChI is InChI=1S/C3H7NO.C2H3N/c1-2-3(4)5;1-2-3/h2H2,1H3,(H2,4,5);1H3. The van der Waals surface area contributed by atoms with Crippen LogP contribution in [0, 0.1) is 11.3 Å². The maximum Gasteiger partial charge on any atom is 0.217 e. The Hall–Kier alpha value is -1.04. The van der Waals surface area contributed by atoms with Crippen molar-refractivity contribution in [2.75, 3.05) is 0 Å². The Bertz CT molecular complexity index is 93.1. The summed E-state index contributed by atoms with van der Waals surface area (Å²) in [4.78, 5) is 9.59. The van der Waals surface area contributed by atoms with E-state index in [1.165, 1.54) is 6.92 Å². The van der Waals surface area contributed by atoms with Gasteiger partial charge in [0, 0.05) is 13.3 Å². The molecule has 46 valence electrons. The van der Waals surface area contributed by atoms with Crippen molar-refractivity contribution in [3.8, 4) is 6.07 Å². The fourth-order valence-electron chi connectivity index (χ4n) is 0. The van der Waals surface area contributed by atoms with E-state index >= 15 is 0 Å². The summed E-state index contributed by atoms with van der Waals surface area (Å²) in [5, 5.41) is 7.32. The molecule has 3 heteroatoms. The highest BCUT2D eigenvalue weighted by Gasteiger charge is 1.77. The van der Waals surface area contributed by atoms with Crippen LogP contribution in [-0.4, -0.2) is 5.91 Å². The van der Waals surface area contributed by atoms with Crippen molar-refractivity contribution >= 4 is 5.91 Å². The van der Waals surface area contributed by atoms with Crippen LogP contribution in [0.3, 0.4) is 0 Å². The summed E-state index contributed by atoms with van der Waals surface area (Å²) in [5.41, 5.74) is 4.65. The molecule has 0 saturated carbocycles. The van der Waals surface area contributed by atoms with Gasteiger partial charge in [0.25, 0.3) is 0 Å². The summed E-state index contributed by atoms with van der Waals surface area (Å²) in [6.45, 7) is 3.16. The molecule has 2 N–H and O–H groups in total. The molecule has 0 fully saturated rings. The average Bonchev–Trinajstić information content (AvgIpc) is 1.69. The Morgan fingerprint density at radius 2 is 2.00 bits per heavy atom. The molecule has 0 bridgehead atoms. The topological polar surface area (TPSA) is 66.9 Å². The Labute approximate surface area is 49.1 Å². The van der Waals surface area contributed by atoms with Gasteiger partial charge in [0.2, 0.25) is 5.91 Å². The highest BCUT2D eigenvalue weighted by atomic mass is 16.1. The van der Waals surface area contributed by atoms with Gasteiger partial charge in [-0.1, -0.05) is 6.92 Å². The van der Waals surface area contributed by atoms with Gasteiger partial charge >= 0.3 is 0 Å². The zero-order valence-electron chi connectivity index (χ0n) is 5.14. The van der Waals surface area contributed by atoms with Crippen molar-refractivity contribution in [1.29, 1.82) is 5.26 Å². The summed E-state index contributed by atoms with van der Waals surface area (Å²) in [6.07, 6.45) is 0.444. The van der Waals surface area contributed by atoms with Gasteiger partial charge in [-0.15, -0.1) is 0 Å². The molecule has 0 spiro atoms. The van der Waals surface area contributed by atoms with Crippen molar-refractivity contribution < 1.29 is 4.79 Å². The van der Waals surface area contributed by atoms with E-state index in [0.29, 0.717) is 6.42 Å². The van der Waals surface area contributed by atoms with Crippen molar-refractivity contribution in [3.05, 3.63) is 0 Å². The normalized spacial score (nSPS) is 5.62. The number of hydrogen-bond donors (Lipinski definition) is 1. The van der Waals surface area contributed by atoms with Gasteiger partial charge < -0.3 is 5.73 Å². The van der Waals surface area contributed by atoms with Crippen LogP contribution in [0.2, 0.25) is 0 Å². The molecule has 0 aliphatic heterocycles. The van der Waals surface area contributed by atoms with Crippen LogP contribution in [0.15, 0.2) is 0 Å². The third-order valence-corrected chi connectivity index (χ3v) is 0.348. The van der Waals surface area contributed by atoms with Crippen LogP contribution in [0.4, 0.5) is 0 Å². The summed E-state index contributed by atoms with van der Waals surface area (Å²) in [6, 6.07) is 1.75. The second-order valence-electron chi connectivity index (χ2n) is 1.04. The van der Waals surface area contributed by atoms with Gasteiger partial charge in [0.1, 0.15) is 0 Å². The minimum Gasteiger partial charge on any atom is -0.370 e. The average molecular weight is 114 g/mol. The quantitative estimate of drug-likeness (QED) is 0.536. The highest BCUT2D eigenvalue weighted by molar-refractivity contribution is 5.73. The van der Waals surface area contributed by atoms with Gasteiger partial charge in [0.05, 0.1) is 6.07 Å². The van der Waals surface area contributed by atoms with Crippen molar-refractivity contribution in [2.45, 2.75) is 20.3 Å². The first-order valence-electron chi connectivity index (χ1n) is 2.28. The van der Waals surface area contributed by atoms with Crippen molar-refractivity contribution in [1.82, 2.24) is 0 Å². The SMILES string of the molecule is CC#N.CCC(N)=O. The van der Waals surface area contributed by atoms with E-state index < -0.39 is 0 Å². The fraction of sp³-hybridized carbons (Fsp3) is 0.600. The smallest absolute Gasteiger partial charge is 0.217 e. The molecule has 3 nitrogen and oxygen atoms in total. The second-order valence-corrected chi connectivity index (χ2v) is 1.04. The monoisotopic (exact) mass is 114 g/mol. The second kappa shape index (κ2) is 9.35. The number of nitriles is 1. The number of amides is 1. The maximum absolute atomic E-state index is 9.59. The third kappa shape index (κ3) is 84.4. The van der Waals surface area contributed by atoms with E-state index in [1.54, 1.807) is 13.0 Å². The van der Waals surface area contributed by atoms with Gasteiger partial charge in [-0.05, 0) is 0 Å². The van der Waals surface area contributed by atoms with E-state index in [9.17, 15) is 4.79 Å². The van der Waals surface area contributed by atoms with Crippen molar-refractivity contribution in [2.24, 2.45) is 5.73 Å². The first kappa shape index (κ1) is 10.0. The molecular formula is C5H10N2O. The lowest BCUT2D eigenvalue weighted by Crippen LogP contribution is -2.06. The highest BCUT2D eigenvalue weighted by Crippen LogP contribution is 1.63. The molecule has 0 heterocycles. The molecule has 1 amide bonds. The lowest BCUT2D eigenvalue weighted by atomic mass is 10.5. The zero-order valence-corrected chi connectivity index (χ0v) is 5.14. The molecule has 0 atom stereocenters. The van der Waals surface area contributed by atoms with E-state index in [2.05, 4.69) is 5.73 Å². The van der Waals surface area contributed by atoms with Gasteiger partial charge in [-0.25, -0.2) is 0 Å². The van der Waals surface area contributed by atoms with Crippen LogP contribution in [0.1, 0.15) is 20.3 Å². The van der Waals surface area contributed by atoms with Crippen LogP contribution >= 0.6 is 0 Å². The number of rotatable bonds is 1. The van der Waals surface area contributed by atoms with Gasteiger partial charge in [-0.2, -0.15) is 5.26 Å². The molecular weight excluding hydrogens is 104 g/mol. The Kier molecular flexibility index (Phi) is 11.7. The number of carbonyl (C=O) groups excluding carboxylic acids is 1. The largest absolute Gasteiger partial charge is 0.370 e. The minimum absolute atomic E-state index is 0.245. The van der Waals surface area contributed by atoms with E-state index in [4.69, 9.17) is 5.26 Å². The predicted molar refractivity (Wildman–Crippen MR) is 30.8 cm³/mol. The summed E-state index contributed by atoms with van der Waals surface area (Å²) in [5.74, 6) is -0.245. The number of nitrogens with two attached hydrogens (primary N) is 1. The third-order valence-electron chi connectivity index (χ3n) is 0.348. The summed E-state index contributed by atoms with van der Waals surface area (Å²) >= 11 is 0. The molecule has 0 radical (unpaired) electrons. The molecule has 0 unspecified atom stereocenters. The van der Waals surface area contributed by atoms with E-state index in [1.807, 2.05) is 0 Å². The minimum atomic E-state index is -0.245. The Morgan fingerprint density at radius 1 is 1.88 bits per heavy atom. The van der Waals surface area contributed by atoms with Crippen LogP contribution in [-0.2, 0) is 4.79 Å². The van der Waals surface area contributed by atoms with Crippen LogP contribution in [0.5, 0.6) is 0 Å². The molecule has 0 aliphatic rings. The molecule has 0 aromatic carbocycles. The maximum atomic E-state index is 9.59. The summed E-state index contributed by atoms with van der Waals surface area (Å²) < 4.78 is 0. The predicted octanol–water partition coefficient (Wildman–Crippen LogP) is 0.412. The molecule has 0 aliphatic carbocycles. The van der Waals surface area contributed by atoms with Crippen LogP contribution < -0.4 is 5.73 Å². The lowest BCUT2D eigenvalue weighted by Gasteiger charge is -1.73. The van der Waals surface area contributed by atoms with Crippen LogP contribution in [0.25, 0.3) is 0 Å². The van der Waals surface area contributed by atoms with E-state index in [-0.39, 0.29) is 5.91 Å². The Balaban J connectivity index is 0. The number of nitrogens with zero attached hydrogens (tertiary/aromatic N) is 1. The number of primary amides is 1.